The molecule has 0 heterocycles. The summed E-state index contributed by atoms with van der Waals surface area (Å²) in [4.78, 5) is 13.1. The first-order valence-electron chi connectivity index (χ1n) is 4.45. The summed E-state index contributed by atoms with van der Waals surface area (Å²) in [5.41, 5.74) is 5.30. The first kappa shape index (κ1) is 12.7. The minimum Gasteiger partial charge on any atom is -0.409 e. The van der Waals surface area contributed by atoms with Crippen molar-refractivity contribution in [1.29, 1.82) is 0 Å². The molecule has 14 heavy (non-hydrogen) atoms. The standard InChI is InChI=1S/C8H17N3O3/c1-3-11(4-5-12)8(13)6(2)7(9)10-14/h6,12,14H,3-5H2,1-2H3,(H2,9,10). The fourth-order valence-corrected chi connectivity index (χ4v) is 1.03. The molecule has 82 valence electrons. The molecular weight excluding hydrogens is 186 g/mol. The second kappa shape index (κ2) is 6.20. The zero-order valence-electron chi connectivity index (χ0n) is 8.47. The van der Waals surface area contributed by atoms with Crippen molar-refractivity contribution in [2.24, 2.45) is 16.8 Å². The first-order valence-corrected chi connectivity index (χ1v) is 4.45. The molecule has 1 atom stereocenters. The van der Waals surface area contributed by atoms with Gasteiger partial charge in [0, 0.05) is 13.1 Å². The van der Waals surface area contributed by atoms with Crippen LogP contribution in [0.4, 0.5) is 0 Å². The van der Waals surface area contributed by atoms with E-state index in [9.17, 15) is 4.79 Å². The van der Waals surface area contributed by atoms with E-state index >= 15 is 0 Å². The molecule has 0 aromatic heterocycles. The van der Waals surface area contributed by atoms with Crippen LogP contribution in [0, 0.1) is 5.92 Å². The number of nitrogens with two attached hydrogens (primary N) is 1. The number of carbonyl (C=O) groups is 1. The highest BCUT2D eigenvalue weighted by molar-refractivity contribution is 6.01. The van der Waals surface area contributed by atoms with Crippen molar-refractivity contribution in [3.63, 3.8) is 0 Å². The lowest BCUT2D eigenvalue weighted by atomic mass is 10.1. The van der Waals surface area contributed by atoms with Crippen molar-refractivity contribution >= 4 is 11.7 Å². The lowest BCUT2D eigenvalue weighted by Crippen LogP contribution is -2.41. The van der Waals surface area contributed by atoms with Crippen LogP contribution < -0.4 is 5.73 Å². The van der Waals surface area contributed by atoms with E-state index in [1.54, 1.807) is 13.8 Å². The Morgan fingerprint density at radius 2 is 2.21 bits per heavy atom. The van der Waals surface area contributed by atoms with Gasteiger partial charge in [0.15, 0.2) is 5.84 Å². The van der Waals surface area contributed by atoms with Gasteiger partial charge in [-0.2, -0.15) is 0 Å². The average Bonchev–Trinajstić information content (AvgIpc) is 2.22. The molecule has 1 unspecified atom stereocenters. The zero-order chi connectivity index (χ0) is 11.1. The molecule has 0 aliphatic carbocycles. The number of oxime groups is 1. The van der Waals surface area contributed by atoms with Crippen LogP contribution in [0.1, 0.15) is 13.8 Å². The maximum atomic E-state index is 11.6. The molecule has 0 aromatic rings. The Morgan fingerprint density at radius 3 is 2.57 bits per heavy atom. The predicted molar refractivity (Wildman–Crippen MR) is 51.9 cm³/mol. The van der Waals surface area contributed by atoms with Gasteiger partial charge in [0.2, 0.25) is 5.91 Å². The van der Waals surface area contributed by atoms with Crippen LogP contribution in [-0.4, -0.2) is 46.7 Å². The molecule has 6 heteroatoms. The number of amidine groups is 1. The molecule has 6 nitrogen and oxygen atoms in total. The van der Waals surface area contributed by atoms with E-state index in [0.29, 0.717) is 6.54 Å². The average molecular weight is 203 g/mol. The number of aliphatic hydroxyl groups is 1. The number of nitrogens with zero attached hydrogens (tertiary/aromatic N) is 2. The highest BCUT2D eigenvalue weighted by Gasteiger charge is 2.22. The Kier molecular flexibility index (Phi) is 5.62. The largest absolute Gasteiger partial charge is 0.409 e. The molecule has 0 saturated heterocycles. The highest BCUT2D eigenvalue weighted by Crippen LogP contribution is 2.02. The van der Waals surface area contributed by atoms with E-state index < -0.39 is 5.92 Å². The van der Waals surface area contributed by atoms with Crippen molar-refractivity contribution in [2.75, 3.05) is 19.7 Å². The normalized spacial score (nSPS) is 13.8. The van der Waals surface area contributed by atoms with Gasteiger partial charge in [0.25, 0.3) is 0 Å². The Bertz CT molecular complexity index is 218. The van der Waals surface area contributed by atoms with Gasteiger partial charge >= 0.3 is 0 Å². The number of amides is 1. The van der Waals surface area contributed by atoms with E-state index in [1.165, 1.54) is 4.90 Å². The minimum atomic E-state index is -0.661. The summed E-state index contributed by atoms with van der Waals surface area (Å²) < 4.78 is 0. The summed E-state index contributed by atoms with van der Waals surface area (Å²) in [6.45, 7) is 4.01. The number of rotatable bonds is 5. The van der Waals surface area contributed by atoms with Crippen LogP contribution in [-0.2, 0) is 4.79 Å². The molecule has 0 bridgehead atoms. The molecule has 0 aromatic carbocycles. The summed E-state index contributed by atoms with van der Waals surface area (Å²) in [7, 11) is 0. The second-order valence-electron chi connectivity index (χ2n) is 2.89. The number of hydrogen-bond acceptors (Lipinski definition) is 4. The van der Waals surface area contributed by atoms with Crippen LogP contribution in [0.5, 0.6) is 0 Å². The van der Waals surface area contributed by atoms with E-state index in [-0.39, 0.29) is 24.9 Å². The number of carbonyl (C=O) groups excluding carboxylic acids is 1. The zero-order valence-corrected chi connectivity index (χ0v) is 8.47. The molecular formula is C8H17N3O3. The first-order chi connectivity index (χ1) is 6.58. The van der Waals surface area contributed by atoms with Crippen molar-refractivity contribution in [3.05, 3.63) is 0 Å². The minimum absolute atomic E-state index is 0.0948. The monoisotopic (exact) mass is 203 g/mol. The topological polar surface area (TPSA) is 99.2 Å². The van der Waals surface area contributed by atoms with Gasteiger partial charge < -0.3 is 20.9 Å². The second-order valence-corrected chi connectivity index (χ2v) is 2.89. The van der Waals surface area contributed by atoms with Crippen LogP contribution >= 0.6 is 0 Å². The Hall–Kier alpha value is -1.30. The molecule has 0 radical (unpaired) electrons. The van der Waals surface area contributed by atoms with E-state index in [0.717, 1.165) is 0 Å². The van der Waals surface area contributed by atoms with Crippen LogP contribution in [0.15, 0.2) is 5.16 Å². The molecule has 0 aliphatic heterocycles. The third-order valence-corrected chi connectivity index (χ3v) is 1.99. The lowest BCUT2D eigenvalue weighted by Gasteiger charge is -2.22. The van der Waals surface area contributed by atoms with Gasteiger partial charge in [-0.1, -0.05) is 5.16 Å². The summed E-state index contributed by atoms with van der Waals surface area (Å²) in [5.74, 6) is -1.03. The maximum Gasteiger partial charge on any atom is 0.233 e. The van der Waals surface area contributed by atoms with Crippen molar-refractivity contribution < 1.29 is 15.1 Å². The summed E-state index contributed by atoms with van der Waals surface area (Å²) >= 11 is 0. The molecule has 4 N–H and O–H groups in total. The summed E-state index contributed by atoms with van der Waals surface area (Å²) in [5, 5.41) is 19.8. The summed E-state index contributed by atoms with van der Waals surface area (Å²) in [6.07, 6.45) is 0. The molecule has 0 spiro atoms. The molecule has 1 amide bonds. The van der Waals surface area contributed by atoms with Gasteiger partial charge in [-0.25, -0.2) is 0 Å². The fraction of sp³-hybridized carbons (Fsp3) is 0.750. The van der Waals surface area contributed by atoms with Gasteiger partial charge in [0.05, 0.1) is 12.5 Å². The molecule has 0 aliphatic rings. The SMILES string of the molecule is CCN(CCO)C(=O)C(C)C(N)=NO. The van der Waals surface area contributed by atoms with E-state index in [4.69, 9.17) is 16.0 Å². The van der Waals surface area contributed by atoms with Crippen LogP contribution in [0.3, 0.4) is 0 Å². The van der Waals surface area contributed by atoms with Gasteiger partial charge in [-0.05, 0) is 13.8 Å². The molecule has 0 rings (SSSR count). The molecule has 0 saturated carbocycles. The number of hydrogen-bond donors (Lipinski definition) is 3. The van der Waals surface area contributed by atoms with Gasteiger partial charge in [0.1, 0.15) is 0 Å². The quantitative estimate of drug-likeness (QED) is 0.236. The van der Waals surface area contributed by atoms with Crippen molar-refractivity contribution in [2.45, 2.75) is 13.8 Å². The van der Waals surface area contributed by atoms with Crippen molar-refractivity contribution in [3.8, 4) is 0 Å². The van der Waals surface area contributed by atoms with Crippen molar-refractivity contribution in [1.82, 2.24) is 4.90 Å². The van der Waals surface area contributed by atoms with E-state index in [2.05, 4.69) is 5.16 Å². The van der Waals surface area contributed by atoms with E-state index in [1.807, 2.05) is 0 Å². The smallest absolute Gasteiger partial charge is 0.233 e. The Balaban J connectivity index is 4.42. The Morgan fingerprint density at radius 1 is 1.64 bits per heavy atom. The predicted octanol–water partition coefficient (Wildman–Crippen LogP) is -0.790. The lowest BCUT2D eigenvalue weighted by molar-refractivity contribution is -0.133. The fourth-order valence-electron chi connectivity index (χ4n) is 1.03. The third kappa shape index (κ3) is 3.21. The number of likely N-dealkylation sites (N-methyl/N-ethyl adjacent to an activating group) is 1. The highest BCUT2D eigenvalue weighted by atomic mass is 16.4. The summed E-state index contributed by atoms with van der Waals surface area (Å²) in [6, 6.07) is 0. The van der Waals surface area contributed by atoms with Crippen LogP contribution in [0.25, 0.3) is 0 Å². The van der Waals surface area contributed by atoms with Gasteiger partial charge in [-0.15, -0.1) is 0 Å². The van der Waals surface area contributed by atoms with Gasteiger partial charge in [-0.3, -0.25) is 4.79 Å². The molecule has 0 fully saturated rings. The Labute approximate surface area is 83.0 Å². The van der Waals surface area contributed by atoms with Crippen LogP contribution in [0.2, 0.25) is 0 Å². The maximum absolute atomic E-state index is 11.6. The number of aliphatic hydroxyl groups excluding tert-OH is 1. The third-order valence-electron chi connectivity index (χ3n) is 1.99.